The first-order valence-corrected chi connectivity index (χ1v) is 6.94. The van der Waals surface area contributed by atoms with Crippen LogP contribution in [0.4, 0.5) is 0 Å². The van der Waals surface area contributed by atoms with Gasteiger partial charge in [0.1, 0.15) is 5.84 Å². The summed E-state index contributed by atoms with van der Waals surface area (Å²) < 4.78 is 0. The highest BCUT2D eigenvalue weighted by atomic mass is 35.5. The van der Waals surface area contributed by atoms with Crippen molar-refractivity contribution in [2.24, 2.45) is 16.8 Å². The van der Waals surface area contributed by atoms with Gasteiger partial charge in [-0.05, 0) is 37.5 Å². The van der Waals surface area contributed by atoms with E-state index < -0.39 is 0 Å². The van der Waals surface area contributed by atoms with E-state index in [1.54, 1.807) is 23.1 Å². The van der Waals surface area contributed by atoms with Gasteiger partial charge in [-0.25, -0.2) is 0 Å². The molecule has 0 aliphatic carbocycles. The van der Waals surface area contributed by atoms with Crippen molar-refractivity contribution in [3.63, 3.8) is 0 Å². The number of nitrogens with zero attached hydrogens (tertiary/aromatic N) is 2. The summed E-state index contributed by atoms with van der Waals surface area (Å²) in [4.78, 5) is 14.3. The van der Waals surface area contributed by atoms with Crippen LogP contribution < -0.4 is 5.73 Å². The third-order valence-corrected chi connectivity index (χ3v) is 4.15. The van der Waals surface area contributed by atoms with Gasteiger partial charge in [0, 0.05) is 29.6 Å². The monoisotopic (exact) mass is 295 g/mol. The second-order valence-corrected chi connectivity index (χ2v) is 5.43. The minimum atomic E-state index is -0.0859. The Kier molecular flexibility index (Phi) is 4.49. The molecular formula is C14H18ClN3O2. The molecule has 0 saturated carbocycles. The van der Waals surface area contributed by atoms with E-state index in [0.29, 0.717) is 23.7 Å². The molecule has 1 saturated heterocycles. The number of carbonyl (C=O) groups excluding carboxylic acids is 1. The van der Waals surface area contributed by atoms with Crippen LogP contribution in [0.25, 0.3) is 0 Å². The first-order chi connectivity index (χ1) is 9.54. The number of benzene rings is 1. The molecule has 1 heterocycles. The Morgan fingerprint density at radius 1 is 1.55 bits per heavy atom. The van der Waals surface area contributed by atoms with Crippen molar-refractivity contribution in [1.29, 1.82) is 0 Å². The number of rotatable bonds is 2. The van der Waals surface area contributed by atoms with Crippen molar-refractivity contribution in [2.75, 3.05) is 13.1 Å². The summed E-state index contributed by atoms with van der Waals surface area (Å²) in [5.74, 6) is 0.0444. The number of likely N-dealkylation sites (tertiary alicyclic amines) is 1. The van der Waals surface area contributed by atoms with E-state index >= 15 is 0 Å². The molecule has 1 unspecified atom stereocenters. The lowest BCUT2D eigenvalue weighted by Gasteiger charge is -2.32. The van der Waals surface area contributed by atoms with Gasteiger partial charge in [-0.15, -0.1) is 0 Å². The molecular weight excluding hydrogens is 278 g/mol. The van der Waals surface area contributed by atoms with Gasteiger partial charge in [-0.1, -0.05) is 22.8 Å². The highest BCUT2D eigenvalue weighted by Gasteiger charge is 2.27. The maximum atomic E-state index is 12.6. The molecule has 1 atom stereocenters. The summed E-state index contributed by atoms with van der Waals surface area (Å²) >= 11 is 6.06. The molecule has 108 valence electrons. The number of carbonyl (C=O) groups is 1. The van der Waals surface area contributed by atoms with Crippen molar-refractivity contribution in [3.8, 4) is 0 Å². The molecule has 1 fully saturated rings. The van der Waals surface area contributed by atoms with Crippen LogP contribution in [0, 0.1) is 12.8 Å². The summed E-state index contributed by atoms with van der Waals surface area (Å²) in [6.45, 7) is 2.99. The molecule has 1 aliphatic rings. The van der Waals surface area contributed by atoms with Crippen LogP contribution in [0.1, 0.15) is 28.8 Å². The minimum absolute atomic E-state index is 0.0551. The average Bonchev–Trinajstić information content (AvgIpc) is 2.48. The third kappa shape index (κ3) is 2.88. The standard InChI is InChI=1S/C14H18ClN3O2/c1-9-11(5-2-6-12(9)15)14(19)18-7-3-4-10(8-18)13(16)17-20/h2,5-6,10,20H,3-4,7-8H2,1H3,(H2,16,17). The zero-order valence-electron chi connectivity index (χ0n) is 11.3. The van der Waals surface area contributed by atoms with E-state index in [2.05, 4.69) is 5.16 Å². The van der Waals surface area contributed by atoms with E-state index in [-0.39, 0.29) is 17.7 Å². The van der Waals surface area contributed by atoms with Gasteiger partial charge >= 0.3 is 0 Å². The molecule has 0 radical (unpaired) electrons. The van der Waals surface area contributed by atoms with Crippen LogP contribution in [0.15, 0.2) is 23.4 Å². The van der Waals surface area contributed by atoms with Crippen molar-refractivity contribution in [1.82, 2.24) is 4.90 Å². The topological polar surface area (TPSA) is 78.9 Å². The number of nitrogens with two attached hydrogens (primary N) is 1. The molecule has 1 aromatic rings. The predicted molar refractivity (Wildman–Crippen MR) is 78.2 cm³/mol. The van der Waals surface area contributed by atoms with Gasteiger partial charge in [0.05, 0.1) is 0 Å². The second kappa shape index (κ2) is 6.13. The Morgan fingerprint density at radius 2 is 2.30 bits per heavy atom. The van der Waals surface area contributed by atoms with E-state index in [1.807, 2.05) is 6.92 Å². The summed E-state index contributed by atoms with van der Waals surface area (Å²) in [5, 5.41) is 12.4. The Bertz CT molecular complexity index is 545. The van der Waals surface area contributed by atoms with Crippen molar-refractivity contribution < 1.29 is 10.0 Å². The molecule has 5 nitrogen and oxygen atoms in total. The number of hydrogen-bond acceptors (Lipinski definition) is 3. The molecule has 1 aromatic carbocycles. The maximum absolute atomic E-state index is 12.6. The normalized spacial score (nSPS) is 20.0. The van der Waals surface area contributed by atoms with Gasteiger partial charge in [-0.3, -0.25) is 4.79 Å². The van der Waals surface area contributed by atoms with Gasteiger partial charge in [0.15, 0.2) is 0 Å². The maximum Gasteiger partial charge on any atom is 0.254 e. The lowest BCUT2D eigenvalue weighted by atomic mass is 9.96. The van der Waals surface area contributed by atoms with Crippen molar-refractivity contribution in [3.05, 3.63) is 34.3 Å². The van der Waals surface area contributed by atoms with E-state index in [1.165, 1.54) is 0 Å². The SMILES string of the molecule is Cc1c(Cl)cccc1C(=O)N1CCCC(/C(N)=N/O)C1. The van der Waals surface area contributed by atoms with Crippen LogP contribution >= 0.6 is 11.6 Å². The molecule has 20 heavy (non-hydrogen) atoms. The smallest absolute Gasteiger partial charge is 0.254 e. The zero-order valence-corrected chi connectivity index (χ0v) is 12.1. The highest BCUT2D eigenvalue weighted by molar-refractivity contribution is 6.31. The number of amides is 1. The van der Waals surface area contributed by atoms with Crippen LogP contribution in [-0.2, 0) is 0 Å². The summed E-state index contributed by atoms with van der Waals surface area (Å²) in [7, 11) is 0. The molecule has 0 bridgehead atoms. The lowest BCUT2D eigenvalue weighted by Crippen LogP contribution is -2.44. The van der Waals surface area contributed by atoms with Crippen molar-refractivity contribution >= 4 is 23.3 Å². The Hall–Kier alpha value is -1.75. The van der Waals surface area contributed by atoms with E-state index in [9.17, 15) is 4.79 Å². The summed E-state index contributed by atoms with van der Waals surface area (Å²) in [6, 6.07) is 5.31. The van der Waals surface area contributed by atoms with Gasteiger partial charge in [0.25, 0.3) is 5.91 Å². The molecule has 0 aromatic heterocycles. The molecule has 0 spiro atoms. The number of hydrogen-bond donors (Lipinski definition) is 2. The first kappa shape index (κ1) is 14.7. The lowest BCUT2D eigenvalue weighted by molar-refractivity contribution is 0.0700. The van der Waals surface area contributed by atoms with Gasteiger partial charge in [0.2, 0.25) is 0 Å². The summed E-state index contributed by atoms with van der Waals surface area (Å²) in [6.07, 6.45) is 1.67. The second-order valence-electron chi connectivity index (χ2n) is 5.03. The fraction of sp³-hybridized carbons (Fsp3) is 0.429. The van der Waals surface area contributed by atoms with Gasteiger partial charge < -0.3 is 15.8 Å². The number of piperidine rings is 1. The van der Waals surface area contributed by atoms with Crippen LogP contribution in [0.5, 0.6) is 0 Å². The van der Waals surface area contributed by atoms with E-state index in [4.69, 9.17) is 22.5 Å². The molecule has 1 amide bonds. The van der Waals surface area contributed by atoms with Crippen LogP contribution in [0.3, 0.4) is 0 Å². The molecule has 3 N–H and O–H groups in total. The predicted octanol–water partition coefficient (Wildman–Crippen LogP) is 2.25. The third-order valence-electron chi connectivity index (χ3n) is 3.74. The highest BCUT2D eigenvalue weighted by Crippen LogP contribution is 2.23. The van der Waals surface area contributed by atoms with E-state index in [0.717, 1.165) is 18.4 Å². The Morgan fingerprint density at radius 3 is 3.00 bits per heavy atom. The van der Waals surface area contributed by atoms with Crippen molar-refractivity contribution in [2.45, 2.75) is 19.8 Å². The quantitative estimate of drug-likeness (QED) is 0.380. The minimum Gasteiger partial charge on any atom is -0.409 e. The van der Waals surface area contributed by atoms with Crippen LogP contribution in [0.2, 0.25) is 5.02 Å². The summed E-state index contributed by atoms with van der Waals surface area (Å²) in [5.41, 5.74) is 7.04. The molecule has 2 rings (SSSR count). The largest absolute Gasteiger partial charge is 0.409 e. The van der Waals surface area contributed by atoms with Gasteiger partial charge in [-0.2, -0.15) is 0 Å². The molecule has 1 aliphatic heterocycles. The number of halogens is 1. The average molecular weight is 296 g/mol. The fourth-order valence-electron chi connectivity index (χ4n) is 2.49. The number of amidine groups is 1. The first-order valence-electron chi connectivity index (χ1n) is 6.56. The number of oxime groups is 1. The van der Waals surface area contributed by atoms with Crippen LogP contribution in [-0.4, -0.2) is 34.9 Å². The zero-order chi connectivity index (χ0) is 14.7. The Labute approximate surface area is 123 Å². The molecule has 6 heteroatoms. The Balaban J connectivity index is 2.19. The fourth-order valence-corrected chi connectivity index (χ4v) is 2.67.